The van der Waals surface area contributed by atoms with Crippen LogP contribution in [0.1, 0.15) is 49.4 Å². The maximum atomic E-state index is 12.6. The Bertz CT molecular complexity index is 422. The quantitative estimate of drug-likeness (QED) is 0.680. The van der Waals surface area contributed by atoms with Crippen LogP contribution in [0.15, 0.2) is 18.2 Å². The van der Waals surface area contributed by atoms with Crippen LogP contribution in [-0.2, 0) is 0 Å². The molecule has 18 heavy (non-hydrogen) atoms. The van der Waals surface area contributed by atoms with Crippen LogP contribution in [0.3, 0.4) is 0 Å². The summed E-state index contributed by atoms with van der Waals surface area (Å²) < 4.78 is 0. The van der Waals surface area contributed by atoms with Gasteiger partial charge in [0.2, 0.25) is 0 Å². The first-order valence-electron chi connectivity index (χ1n) is 6.63. The first kappa shape index (κ1) is 13.9. The minimum absolute atomic E-state index is 0.0983. The maximum absolute atomic E-state index is 12.6. The molecular formula is C15H18Cl2O. The molecule has 0 amide bonds. The van der Waals surface area contributed by atoms with Crippen molar-refractivity contribution in [1.29, 1.82) is 0 Å². The molecule has 1 fully saturated rings. The fourth-order valence-electron chi connectivity index (χ4n) is 2.96. The lowest BCUT2D eigenvalue weighted by Crippen LogP contribution is -2.27. The smallest absolute Gasteiger partial charge is 0.169 e. The van der Waals surface area contributed by atoms with E-state index in [1.54, 1.807) is 18.2 Å². The van der Waals surface area contributed by atoms with Crippen LogP contribution in [0.5, 0.6) is 0 Å². The number of hydrogen-bond acceptors (Lipinski definition) is 1. The predicted molar refractivity (Wildman–Crippen MR) is 76.5 cm³/mol. The average molecular weight is 285 g/mol. The predicted octanol–water partition coefficient (Wildman–Crippen LogP) is 5.39. The normalized spacial score (nSPS) is 23.9. The zero-order valence-corrected chi connectivity index (χ0v) is 12.1. The largest absolute Gasteiger partial charge is 0.294 e. The third-order valence-corrected chi connectivity index (χ3v) is 4.61. The van der Waals surface area contributed by atoms with Crippen molar-refractivity contribution in [3.05, 3.63) is 33.8 Å². The third-order valence-electron chi connectivity index (χ3n) is 3.98. The minimum Gasteiger partial charge on any atom is -0.294 e. The average Bonchev–Trinajstić information content (AvgIpc) is 2.38. The lowest BCUT2D eigenvalue weighted by Gasteiger charge is -2.30. The van der Waals surface area contributed by atoms with Crippen molar-refractivity contribution in [3.8, 4) is 0 Å². The number of benzene rings is 1. The number of rotatable bonds is 3. The summed E-state index contributed by atoms with van der Waals surface area (Å²) in [6.45, 7) is 2.16. The van der Waals surface area contributed by atoms with Crippen molar-refractivity contribution in [2.75, 3.05) is 0 Å². The zero-order chi connectivity index (χ0) is 13.1. The van der Waals surface area contributed by atoms with E-state index in [0.717, 1.165) is 25.7 Å². The molecule has 0 heterocycles. The highest BCUT2D eigenvalue weighted by Gasteiger charge is 2.32. The van der Waals surface area contributed by atoms with E-state index in [2.05, 4.69) is 6.92 Å². The summed E-state index contributed by atoms with van der Waals surface area (Å²) in [6, 6.07) is 5.26. The van der Waals surface area contributed by atoms with Gasteiger partial charge in [-0.15, -0.1) is 0 Å². The molecule has 1 nitrogen and oxygen atoms in total. The molecule has 0 saturated heterocycles. The summed E-state index contributed by atoms with van der Waals surface area (Å²) in [6.07, 6.45) is 5.54. The second-order valence-electron chi connectivity index (χ2n) is 5.02. The van der Waals surface area contributed by atoms with Gasteiger partial charge in [0.25, 0.3) is 0 Å². The number of hydrogen-bond donors (Lipinski definition) is 0. The first-order valence-corrected chi connectivity index (χ1v) is 7.39. The van der Waals surface area contributed by atoms with Crippen LogP contribution < -0.4 is 0 Å². The van der Waals surface area contributed by atoms with E-state index in [1.165, 1.54) is 6.42 Å². The number of halogens is 2. The van der Waals surface area contributed by atoms with Crippen molar-refractivity contribution in [1.82, 2.24) is 0 Å². The second kappa shape index (κ2) is 6.08. The lowest BCUT2D eigenvalue weighted by molar-refractivity contribution is 0.0820. The Morgan fingerprint density at radius 3 is 2.44 bits per heavy atom. The maximum Gasteiger partial charge on any atom is 0.169 e. The Morgan fingerprint density at radius 2 is 1.83 bits per heavy atom. The Morgan fingerprint density at radius 1 is 1.22 bits per heavy atom. The Labute approximate surface area is 118 Å². The molecule has 0 radical (unpaired) electrons. The van der Waals surface area contributed by atoms with Crippen molar-refractivity contribution < 1.29 is 4.79 Å². The van der Waals surface area contributed by atoms with Gasteiger partial charge in [-0.25, -0.2) is 0 Å². The minimum atomic E-state index is 0.0983. The Hall–Kier alpha value is -0.530. The molecule has 3 heteroatoms. The fourth-order valence-corrected chi connectivity index (χ4v) is 3.54. The van der Waals surface area contributed by atoms with E-state index in [1.807, 2.05) is 0 Å². The van der Waals surface area contributed by atoms with Gasteiger partial charge in [0.1, 0.15) is 0 Å². The highest BCUT2D eigenvalue weighted by Crippen LogP contribution is 2.37. The molecule has 98 valence electrons. The van der Waals surface area contributed by atoms with E-state index >= 15 is 0 Å². The summed E-state index contributed by atoms with van der Waals surface area (Å²) in [7, 11) is 0. The van der Waals surface area contributed by atoms with Crippen molar-refractivity contribution in [2.45, 2.75) is 39.0 Å². The van der Waals surface area contributed by atoms with Crippen molar-refractivity contribution in [3.63, 3.8) is 0 Å². The standard InChI is InChI=1S/C15H18Cl2O/c1-2-10-6-3-4-7-11(10)15(18)14-12(16)8-5-9-13(14)17/h5,8-11H,2-4,6-7H2,1H3. The van der Waals surface area contributed by atoms with E-state index in [4.69, 9.17) is 23.2 Å². The molecule has 0 bridgehead atoms. The van der Waals surface area contributed by atoms with Crippen molar-refractivity contribution >= 4 is 29.0 Å². The number of ketones is 1. The molecule has 2 unspecified atom stereocenters. The van der Waals surface area contributed by atoms with Gasteiger partial charge in [-0.2, -0.15) is 0 Å². The van der Waals surface area contributed by atoms with E-state index in [9.17, 15) is 4.79 Å². The van der Waals surface area contributed by atoms with Gasteiger partial charge in [-0.3, -0.25) is 4.79 Å². The molecule has 2 atom stereocenters. The number of carbonyl (C=O) groups is 1. The molecule has 0 spiro atoms. The summed E-state index contributed by atoms with van der Waals surface area (Å²) in [4.78, 5) is 12.6. The summed E-state index contributed by atoms with van der Waals surface area (Å²) >= 11 is 12.3. The molecule has 0 aliphatic heterocycles. The molecule has 1 aromatic rings. The van der Waals surface area contributed by atoms with Gasteiger partial charge >= 0.3 is 0 Å². The SMILES string of the molecule is CCC1CCCCC1C(=O)c1c(Cl)cccc1Cl. The van der Waals surface area contributed by atoms with Crippen LogP contribution >= 0.6 is 23.2 Å². The molecule has 0 aromatic heterocycles. The Balaban J connectivity index is 2.30. The summed E-state index contributed by atoms with van der Waals surface area (Å²) in [5.74, 6) is 0.719. The van der Waals surface area contributed by atoms with E-state index in [0.29, 0.717) is 21.5 Å². The van der Waals surface area contributed by atoms with E-state index < -0.39 is 0 Å². The second-order valence-corrected chi connectivity index (χ2v) is 5.83. The highest BCUT2D eigenvalue weighted by atomic mass is 35.5. The summed E-state index contributed by atoms with van der Waals surface area (Å²) in [5.41, 5.74) is 0.520. The van der Waals surface area contributed by atoms with Crippen LogP contribution in [0.25, 0.3) is 0 Å². The van der Waals surface area contributed by atoms with E-state index in [-0.39, 0.29) is 11.7 Å². The molecule has 1 aromatic carbocycles. The van der Waals surface area contributed by atoms with Crippen LogP contribution in [0.2, 0.25) is 10.0 Å². The molecule has 0 N–H and O–H groups in total. The molecule has 2 rings (SSSR count). The number of carbonyl (C=O) groups excluding carboxylic acids is 1. The van der Waals surface area contributed by atoms with Gasteiger partial charge in [0.05, 0.1) is 15.6 Å². The molecule has 1 aliphatic rings. The fraction of sp³-hybridized carbons (Fsp3) is 0.533. The lowest BCUT2D eigenvalue weighted by atomic mass is 9.74. The van der Waals surface area contributed by atoms with Gasteiger partial charge < -0.3 is 0 Å². The zero-order valence-electron chi connectivity index (χ0n) is 10.6. The van der Waals surface area contributed by atoms with Crippen LogP contribution in [0, 0.1) is 11.8 Å². The monoisotopic (exact) mass is 284 g/mol. The van der Waals surface area contributed by atoms with Gasteiger partial charge in [0, 0.05) is 5.92 Å². The summed E-state index contributed by atoms with van der Waals surface area (Å²) in [5, 5.41) is 0.959. The molecule has 1 aliphatic carbocycles. The topological polar surface area (TPSA) is 17.1 Å². The highest BCUT2D eigenvalue weighted by molar-refractivity contribution is 6.39. The molecular weight excluding hydrogens is 267 g/mol. The Kier molecular flexibility index (Phi) is 4.69. The number of Topliss-reactive ketones (excluding diaryl/α,β-unsaturated/α-hetero) is 1. The van der Waals surface area contributed by atoms with Crippen LogP contribution in [-0.4, -0.2) is 5.78 Å². The van der Waals surface area contributed by atoms with Gasteiger partial charge in [-0.1, -0.05) is 55.5 Å². The van der Waals surface area contributed by atoms with Crippen LogP contribution in [0.4, 0.5) is 0 Å². The van der Waals surface area contributed by atoms with Crippen molar-refractivity contribution in [2.24, 2.45) is 11.8 Å². The van der Waals surface area contributed by atoms with Gasteiger partial charge in [0.15, 0.2) is 5.78 Å². The van der Waals surface area contributed by atoms with Gasteiger partial charge in [-0.05, 0) is 30.9 Å². The molecule has 1 saturated carbocycles. The third kappa shape index (κ3) is 2.73. The first-order chi connectivity index (χ1) is 8.65.